The lowest BCUT2D eigenvalue weighted by Crippen LogP contribution is -2.14. The van der Waals surface area contributed by atoms with Crippen molar-refractivity contribution in [3.8, 4) is 0 Å². The molecule has 1 heterocycles. The number of aromatic nitrogens is 2. The van der Waals surface area contributed by atoms with Gasteiger partial charge >= 0.3 is 0 Å². The maximum Gasteiger partial charge on any atom is 0.178 e. The van der Waals surface area contributed by atoms with E-state index in [4.69, 9.17) is 12.2 Å². The van der Waals surface area contributed by atoms with E-state index >= 15 is 0 Å². The van der Waals surface area contributed by atoms with Crippen LogP contribution in [0.4, 0.5) is 0 Å². The van der Waals surface area contributed by atoms with Crippen LogP contribution in [0.2, 0.25) is 0 Å². The Labute approximate surface area is 101 Å². The average molecular weight is 234 g/mol. The third-order valence-corrected chi connectivity index (χ3v) is 3.44. The Morgan fingerprint density at radius 1 is 1.31 bits per heavy atom. The molecule has 0 bridgehead atoms. The van der Waals surface area contributed by atoms with Crippen molar-refractivity contribution in [2.75, 3.05) is 0 Å². The fourth-order valence-electron chi connectivity index (χ4n) is 2.36. The molecule has 1 N–H and O–H groups in total. The number of aromatic amines is 1. The van der Waals surface area contributed by atoms with Gasteiger partial charge in [-0.25, -0.2) is 0 Å². The summed E-state index contributed by atoms with van der Waals surface area (Å²) in [6.07, 6.45) is 1.10. The summed E-state index contributed by atoms with van der Waals surface area (Å²) in [5.41, 5.74) is 2.35. The van der Waals surface area contributed by atoms with Crippen LogP contribution >= 0.6 is 12.2 Å². The molecule has 0 aliphatic rings. The summed E-state index contributed by atoms with van der Waals surface area (Å²) in [5, 5.41) is 0. The highest BCUT2D eigenvalue weighted by Crippen LogP contribution is 2.26. The Morgan fingerprint density at radius 3 is 2.62 bits per heavy atom. The van der Waals surface area contributed by atoms with E-state index in [1.165, 1.54) is 5.52 Å². The zero-order valence-electron chi connectivity index (χ0n) is 10.0. The fraction of sp³-hybridized carbons (Fsp3) is 0.462. The molecule has 1 aromatic heterocycles. The van der Waals surface area contributed by atoms with Crippen molar-refractivity contribution >= 4 is 23.3 Å². The van der Waals surface area contributed by atoms with Crippen LogP contribution < -0.4 is 0 Å². The molecule has 0 saturated carbocycles. The number of imidazole rings is 1. The van der Waals surface area contributed by atoms with Crippen molar-refractivity contribution in [1.29, 1.82) is 0 Å². The van der Waals surface area contributed by atoms with Gasteiger partial charge in [-0.3, -0.25) is 0 Å². The molecule has 2 rings (SSSR count). The van der Waals surface area contributed by atoms with Crippen LogP contribution in [0.25, 0.3) is 11.0 Å². The molecule has 2 nitrogen and oxygen atoms in total. The number of fused-ring (bicyclic) bond motifs is 1. The highest BCUT2D eigenvalue weighted by Gasteiger charge is 2.16. The summed E-state index contributed by atoms with van der Waals surface area (Å²) in [7, 11) is 0. The second-order valence-corrected chi connectivity index (χ2v) is 4.92. The van der Waals surface area contributed by atoms with Crippen molar-refractivity contribution in [2.45, 2.75) is 33.2 Å². The van der Waals surface area contributed by atoms with Gasteiger partial charge in [0.25, 0.3) is 0 Å². The summed E-state index contributed by atoms with van der Waals surface area (Å²) >= 11 is 5.42. The zero-order chi connectivity index (χ0) is 11.7. The molecule has 1 unspecified atom stereocenters. The molecule has 0 saturated heterocycles. The lowest BCUT2D eigenvalue weighted by Gasteiger charge is -2.21. The number of benzene rings is 1. The SMILES string of the molecule is CCC(C(C)C)n1c(=S)[nH]c2ccccc21. The molecule has 0 fully saturated rings. The summed E-state index contributed by atoms with van der Waals surface area (Å²) in [5.74, 6) is 0.593. The molecule has 0 aliphatic heterocycles. The fourth-order valence-corrected chi connectivity index (χ4v) is 2.70. The summed E-state index contributed by atoms with van der Waals surface area (Å²) in [6.45, 7) is 6.71. The van der Waals surface area contributed by atoms with Crippen molar-refractivity contribution in [2.24, 2.45) is 5.92 Å². The topological polar surface area (TPSA) is 20.7 Å². The first-order chi connectivity index (χ1) is 7.65. The third-order valence-electron chi connectivity index (χ3n) is 3.14. The van der Waals surface area contributed by atoms with E-state index in [-0.39, 0.29) is 0 Å². The van der Waals surface area contributed by atoms with Gasteiger partial charge in [0.1, 0.15) is 0 Å². The normalized spacial score (nSPS) is 13.5. The van der Waals surface area contributed by atoms with Gasteiger partial charge in [0.2, 0.25) is 0 Å². The maximum absolute atomic E-state index is 5.42. The molecule has 0 amide bonds. The first kappa shape index (κ1) is 11.4. The minimum absolute atomic E-state index is 0.476. The van der Waals surface area contributed by atoms with Gasteiger partial charge in [-0.1, -0.05) is 32.9 Å². The second kappa shape index (κ2) is 4.42. The van der Waals surface area contributed by atoms with Gasteiger partial charge in [-0.2, -0.15) is 0 Å². The third kappa shape index (κ3) is 1.80. The summed E-state index contributed by atoms with van der Waals surface area (Å²) in [6, 6.07) is 8.79. The minimum Gasteiger partial charge on any atom is -0.331 e. The predicted molar refractivity (Wildman–Crippen MR) is 71.3 cm³/mol. The molecular formula is C13H18N2S. The average Bonchev–Trinajstić information content (AvgIpc) is 2.57. The van der Waals surface area contributed by atoms with Crippen LogP contribution in [0.15, 0.2) is 24.3 Å². The van der Waals surface area contributed by atoms with Crippen molar-refractivity contribution in [3.63, 3.8) is 0 Å². The van der Waals surface area contributed by atoms with Crippen LogP contribution in [0.3, 0.4) is 0 Å². The number of rotatable bonds is 3. The highest BCUT2D eigenvalue weighted by molar-refractivity contribution is 7.71. The standard InChI is InChI=1S/C13H18N2S/c1-4-11(9(2)3)15-12-8-6-5-7-10(12)14-13(15)16/h5-9,11H,4H2,1-3H3,(H,14,16). The van der Waals surface area contributed by atoms with Crippen LogP contribution in [-0.2, 0) is 0 Å². The van der Waals surface area contributed by atoms with E-state index < -0.39 is 0 Å². The zero-order valence-corrected chi connectivity index (χ0v) is 10.8. The van der Waals surface area contributed by atoms with Gasteiger partial charge in [0.05, 0.1) is 11.0 Å². The molecule has 0 spiro atoms. The number of para-hydroxylation sites is 2. The molecule has 2 aromatic rings. The first-order valence-corrected chi connectivity index (χ1v) is 6.25. The van der Waals surface area contributed by atoms with E-state index in [0.717, 1.165) is 16.7 Å². The lowest BCUT2D eigenvalue weighted by atomic mass is 10.0. The Kier molecular flexibility index (Phi) is 3.15. The first-order valence-electron chi connectivity index (χ1n) is 5.84. The largest absolute Gasteiger partial charge is 0.331 e. The van der Waals surface area contributed by atoms with E-state index in [1.54, 1.807) is 0 Å². The van der Waals surface area contributed by atoms with Crippen molar-refractivity contribution in [3.05, 3.63) is 29.0 Å². The van der Waals surface area contributed by atoms with E-state index in [1.807, 2.05) is 6.07 Å². The van der Waals surface area contributed by atoms with Gasteiger partial charge in [-0.05, 0) is 36.7 Å². The van der Waals surface area contributed by atoms with Gasteiger partial charge < -0.3 is 9.55 Å². The number of nitrogens with one attached hydrogen (secondary N) is 1. The monoisotopic (exact) mass is 234 g/mol. The molecule has 0 radical (unpaired) electrons. The van der Waals surface area contributed by atoms with Crippen LogP contribution in [-0.4, -0.2) is 9.55 Å². The number of hydrogen-bond acceptors (Lipinski definition) is 1. The maximum atomic E-state index is 5.42. The number of hydrogen-bond donors (Lipinski definition) is 1. The molecule has 86 valence electrons. The van der Waals surface area contributed by atoms with Gasteiger partial charge in [-0.15, -0.1) is 0 Å². The molecule has 1 atom stereocenters. The van der Waals surface area contributed by atoms with Crippen LogP contribution in [0.1, 0.15) is 33.2 Å². The lowest BCUT2D eigenvalue weighted by molar-refractivity contribution is 0.370. The van der Waals surface area contributed by atoms with Gasteiger partial charge in [0, 0.05) is 6.04 Å². The molecule has 16 heavy (non-hydrogen) atoms. The number of H-pyrrole nitrogens is 1. The van der Waals surface area contributed by atoms with E-state index in [0.29, 0.717) is 12.0 Å². The molecule has 1 aromatic carbocycles. The van der Waals surface area contributed by atoms with Crippen LogP contribution in [0, 0.1) is 10.7 Å². The molecule has 0 aliphatic carbocycles. The van der Waals surface area contributed by atoms with E-state index in [2.05, 4.69) is 48.5 Å². The minimum atomic E-state index is 0.476. The van der Waals surface area contributed by atoms with Gasteiger partial charge in [0.15, 0.2) is 4.77 Å². The van der Waals surface area contributed by atoms with Crippen molar-refractivity contribution < 1.29 is 0 Å². The molecular weight excluding hydrogens is 216 g/mol. The highest BCUT2D eigenvalue weighted by atomic mass is 32.1. The molecule has 3 heteroatoms. The Morgan fingerprint density at radius 2 is 2.00 bits per heavy atom. The van der Waals surface area contributed by atoms with E-state index in [9.17, 15) is 0 Å². The Bertz CT molecular complexity index is 536. The Hall–Kier alpha value is -1.09. The second-order valence-electron chi connectivity index (χ2n) is 4.54. The van der Waals surface area contributed by atoms with Crippen LogP contribution in [0.5, 0.6) is 0 Å². The van der Waals surface area contributed by atoms with Crippen molar-refractivity contribution in [1.82, 2.24) is 9.55 Å². The number of nitrogens with zero attached hydrogens (tertiary/aromatic N) is 1. The predicted octanol–water partition coefficient (Wildman–Crippen LogP) is 4.31. The quantitative estimate of drug-likeness (QED) is 0.785. The summed E-state index contributed by atoms with van der Waals surface area (Å²) < 4.78 is 3.09. The smallest absolute Gasteiger partial charge is 0.178 e. The summed E-state index contributed by atoms with van der Waals surface area (Å²) in [4.78, 5) is 3.27. The Balaban J connectivity index is 2.67.